The van der Waals surface area contributed by atoms with Gasteiger partial charge in [-0.1, -0.05) is 35.5 Å². The fraction of sp³-hybridized carbons (Fsp3) is 0.308. The topological polar surface area (TPSA) is 75.7 Å². The molecule has 5 heteroatoms. The second-order valence-electron chi connectivity index (χ2n) is 3.88. The van der Waals surface area contributed by atoms with Crippen molar-refractivity contribution in [1.82, 2.24) is 5.16 Å². The maximum absolute atomic E-state index is 9.70. The van der Waals surface area contributed by atoms with E-state index in [1.54, 1.807) is 6.07 Å². The lowest BCUT2D eigenvalue weighted by Crippen LogP contribution is -2.24. The Hall–Kier alpha value is -1.69. The molecule has 0 spiro atoms. The summed E-state index contributed by atoms with van der Waals surface area (Å²) in [7, 11) is 0. The van der Waals surface area contributed by atoms with Gasteiger partial charge in [0.2, 0.25) is 0 Å². The van der Waals surface area contributed by atoms with Gasteiger partial charge in [-0.15, -0.1) is 0 Å². The fourth-order valence-corrected chi connectivity index (χ4v) is 1.61. The molecule has 0 saturated carbocycles. The average molecular weight is 249 g/mol. The van der Waals surface area contributed by atoms with E-state index in [0.29, 0.717) is 12.4 Å². The Morgan fingerprint density at radius 3 is 2.61 bits per heavy atom. The van der Waals surface area contributed by atoms with Gasteiger partial charge in [-0.25, -0.2) is 0 Å². The minimum atomic E-state index is -1.04. The smallest absolute Gasteiger partial charge is 0.168 e. The van der Waals surface area contributed by atoms with Gasteiger partial charge >= 0.3 is 0 Å². The third kappa shape index (κ3) is 3.16. The first kappa shape index (κ1) is 12.8. The minimum Gasteiger partial charge on any atom is -0.394 e. The van der Waals surface area contributed by atoms with E-state index in [1.807, 2.05) is 30.3 Å². The summed E-state index contributed by atoms with van der Waals surface area (Å²) in [5.74, 6) is 0.396. The molecular weight excluding hydrogens is 234 g/mol. The molecule has 0 saturated heterocycles. The predicted molar refractivity (Wildman–Crippen MR) is 63.6 cm³/mol. The molecule has 2 N–H and O–H groups in total. The quantitative estimate of drug-likeness (QED) is 0.806. The second-order valence-corrected chi connectivity index (χ2v) is 3.88. The molecule has 0 aliphatic rings. The van der Waals surface area contributed by atoms with Crippen molar-refractivity contribution in [2.24, 2.45) is 0 Å². The molecule has 1 heterocycles. The van der Waals surface area contributed by atoms with E-state index in [9.17, 15) is 5.11 Å². The monoisotopic (exact) mass is 249 g/mol. The number of nitrogens with zero attached hydrogens (tertiary/aromatic N) is 1. The number of aliphatic hydroxyl groups is 2. The molecule has 1 aromatic carbocycles. The molecule has 0 amide bonds. The van der Waals surface area contributed by atoms with Crippen molar-refractivity contribution in [3.05, 3.63) is 53.9 Å². The largest absolute Gasteiger partial charge is 0.394 e. The van der Waals surface area contributed by atoms with E-state index in [4.69, 9.17) is 14.4 Å². The van der Waals surface area contributed by atoms with Crippen molar-refractivity contribution in [2.75, 3.05) is 6.61 Å². The highest BCUT2D eigenvalue weighted by Gasteiger charge is 2.24. The fourth-order valence-electron chi connectivity index (χ4n) is 1.61. The first-order chi connectivity index (χ1) is 8.81. The predicted octanol–water partition coefficient (Wildman–Crippen LogP) is 1.29. The number of benzene rings is 1. The van der Waals surface area contributed by atoms with Crippen molar-refractivity contribution < 1.29 is 19.5 Å². The van der Waals surface area contributed by atoms with Crippen molar-refractivity contribution in [2.45, 2.75) is 18.8 Å². The summed E-state index contributed by atoms with van der Waals surface area (Å²) in [5.41, 5.74) is 0.979. The van der Waals surface area contributed by atoms with Crippen LogP contribution in [0.15, 0.2) is 47.1 Å². The van der Waals surface area contributed by atoms with Crippen LogP contribution in [0.25, 0.3) is 0 Å². The molecule has 0 aliphatic heterocycles. The molecular formula is C13H15NO4. The molecule has 0 unspecified atom stereocenters. The standard InChI is InChI=1S/C13H15NO4/c15-8-11(16)13(12-6-7-14-18-12)17-9-10-4-2-1-3-5-10/h1-7,11,13,15-16H,8-9H2/t11-,13+/m1/s1. The Morgan fingerprint density at radius 1 is 1.22 bits per heavy atom. The van der Waals surface area contributed by atoms with Gasteiger partial charge in [-0.05, 0) is 5.56 Å². The van der Waals surface area contributed by atoms with Crippen LogP contribution >= 0.6 is 0 Å². The number of rotatable bonds is 6. The highest BCUT2D eigenvalue weighted by Crippen LogP contribution is 2.22. The van der Waals surface area contributed by atoms with Crippen LogP contribution in [0.5, 0.6) is 0 Å². The first-order valence-corrected chi connectivity index (χ1v) is 5.66. The zero-order valence-corrected chi connectivity index (χ0v) is 9.77. The van der Waals surface area contributed by atoms with E-state index >= 15 is 0 Å². The molecule has 0 radical (unpaired) electrons. The van der Waals surface area contributed by atoms with E-state index in [1.165, 1.54) is 6.20 Å². The zero-order valence-electron chi connectivity index (χ0n) is 9.77. The van der Waals surface area contributed by atoms with Gasteiger partial charge in [0.1, 0.15) is 12.2 Å². The lowest BCUT2D eigenvalue weighted by Gasteiger charge is -2.19. The van der Waals surface area contributed by atoms with E-state index in [2.05, 4.69) is 5.16 Å². The molecule has 2 aromatic rings. The lowest BCUT2D eigenvalue weighted by molar-refractivity contribution is -0.0782. The average Bonchev–Trinajstić information content (AvgIpc) is 2.94. The number of ether oxygens (including phenoxy) is 1. The first-order valence-electron chi connectivity index (χ1n) is 5.66. The van der Waals surface area contributed by atoms with Crippen molar-refractivity contribution in [3.63, 3.8) is 0 Å². The summed E-state index contributed by atoms with van der Waals surface area (Å²) in [5, 5.41) is 22.3. The molecule has 18 heavy (non-hydrogen) atoms. The number of aromatic nitrogens is 1. The van der Waals surface area contributed by atoms with Crippen LogP contribution in [0.1, 0.15) is 17.4 Å². The van der Waals surface area contributed by atoms with Crippen LogP contribution in [0, 0.1) is 0 Å². The van der Waals surface area contributed by atoms with Gasteiger partial charge in [0.15, 0.2) is 5.76 Å². The summed E-state index contributed by atoms with van der Waals surface area (Å²) < 4.78 is 10.5. The molecule has 1 aromatic heterocycles. The maximum atomic E-state index is 9.70. The van der Waals surface area contributed by atoms with Crippen LogP contribution in [-0.2, 0) is 11.3 Å². The van der Waals surface area contributed by atoms with Crippen molar-refractivity contribution >= 4 is 0 Å². The molecule has 2 atom stereocenters. The normalized spacial score (nSPS) is 14.3. The molecule has 0 bridgehead atoms. The molecule has 96 valence electrons. The summed E-state index contributed by atoms with van der Waals surface area (Å²) >= 11 is 0. The van der Waals surface area contributed by atoms with Gasteiger partial charge in [0, 0.05) is 6.07 Å². The number of hydrogen-bond donors (Lipinski definition) is 2. The molecule has 5 nitrogen and oxygen atoms in total. The van der Waals surface area contributed by atoms with Crippen LogP contribution in [-0.4, -0.2) is 28.1 Å². The van der Waals surface area contributed by atoms with Gasteiger partial charge in [0.05, 0.1) is 19.4 Å². The minimum absolute atomic E-state index is 0.323. The Kier molecular flexibility index (Phi) is 4.46. The van der Waals surface area contributed by atoms with Crippen LogP contribution in [0.2, 0.25) is 0 Å². The third-order valence-corrected chi connectivity index (χ3v) is 2.55. The van der Waals surface area contributed by atoms with Crippen molar-refractivity contribution in [1.29, 1.82) is 0 Å². The summed E-state index contributed by atoms with van der Waals surface area (Å²) in [4.78, 5) is 0. The van der Waals surface area contributed by atoms with Crippen LogP contribution in [0.4, 0.5) is 0 Å². The van der Waals surface area contributed by atoms with Gasteiger partial charge in [0.25, 0.3) is 0 Å². The van der Waals surface area contributed by atoms with Crippen molar-refractivity contribution in [3.8, 4) is 0 Å². The van der Waals surface area contributed by atoms with E-state index in [0.717, 1.165) is 5.56 Å². The Labute approximate surface area is 105 Å². The SMILES string of the molecule is OC[C@@H](O)[C@H](OCc1ccccc1)c1ccno1. The highest BCUT2D eigenvalue weighted by atomic mass is 16.5. The van der Waals surface area contributed by atoms with Gasteiger partial charge in [-0.3, -0.25) is 0 Å². The van der Waals surface area contributed by atoms with Gasteiger partial charge < -0.3 is 19.5 Å². The van der Waals surface area contributed by atoms with E-state index < -0.39 is 18.8 Å². The van der Waals surface area contributed by atoms with E-state index in [-0.39, 0.29) is 0 Å². The highest BCUT2D eigenvalue weighted by molar-refractivity contribution is 5.13. The summed E-state index contributed by atoms with van der Waals surface area (Å²) in [6.07, 6.45) is -0.294. The zero-order chi connectivity index (χ0) is 12.8. The third-order valence-electron chi connectivity index (χ3n) is 2.55. The Bertz CT molecular complexity index is 443. The molecule has 2 rings (SSSR count). The second kappa shape index (κ2) is 6.30. The summed E-state index contributed by atoms with van der Waals surface area (Å²) in [6.45, 7) is -0.0799. The molecule has 0 aliphatic carbocycles. The molecule has 0 fully saturated rings. The summed E-state index contributed by atoms with van der Waals surface area (Å²) in [6, 6.07) is 11.2. The Morgan fingerprint density at radius 2 is 2.00 bits per heavy atom. The lowest BCUT2D eigenvalue weighted by atomic mass is 10.1. The number of hydrogen-bond acceptors (Lipinski definition) is 5. The maximum Gasteiger partial charge on any atom is 0.168 e. The van der Waals surface area contributed by atoms with Crippen LogP contribution in [0.3, 0.4) is 0 Å². The number of aliphatic hydroxyl groups excluding tert-OH is 2. The Balaban J connectivity index is 2.02. The van der Waals surface area contributed by atoms with Crippen LogP contribution < -0.4 is 0 Å². The van der Waals surface area contributed by atoms with Gasteiger partial charge in [-0.2, -0.15) is 0 Å².